The average Bonchev–Trinajstić information content (AvgIpc) is 3.11. The van der Waals surface area contributed by atoms with Gasteiger partial charge in [0.2, 0.25) is 12.3 Å². The van der Waals surface area contributed by atoms with Gasteiger partial charge in [-0.05, 0) is 29.9 Å². The van der Waals surface area contributed by atoms with Crippen LogP contribution >= 0.6 is 11.3 Å². The highest BCUT2D eigenvalue weighted by Gasteiger charge is 2.17. The molecule has 0 saturated heterocycles. The molecule has 0 saturated carbocycles. The number of amides is 2. The van der Waals surface area contributed by atoms with E-state index in [2.05, 4.69) is 11.4 Å². The number of hydrogen-bond acceptors (Lipinski definition) is 3. The summed E-state index contributed by atoms with van der Waals surface area (Å²) < 4.78 is 0. The number of nitrogens with one attached hydrogen (secondary N) is 1. The van der Waals surface area contributed by atoms with Gasteiger partial charge in [-0.15, -0.1) is 11.3 Å². The Bertz CT molecular complexity index is 614. The van der Waals surface area contributed by atoms with Crippen molar-refractivity contribution in [3.8, 4) is 0 Å². The third kappa shape index (κ3) is 5.81. The highest BCUT2D eigenvalue weighted by molar-refractivity contribution is 7.09. The second-order valence-corrected chi connectivity index (χ2v) is 6.78. The number of nitrogens with zero attached hydrogens (tertiary/aromatic N) is 1. The van der Waals surface area contributed by atoms with E-state index in [1.807, 2.05) is 53.6 Å². The molecule has 1 N–H and O–H groups in total. The van der Waals surface area contributed by atoms with Gasteiger partial charge in [0.1, 0.15) is 0 Å². The van der Waals surface area contributed by atoms with Gasteiger partial charge in [0, 0.05) is 23.9 Å². The van der Waals surface area contributed by atoms with Crippen molar-refractivity contribution in [3.05, 3.63) is 58.3 Å². The second kappa shape index (κ2) is 9.88. The summed E-state index contributed by atoms with van der Waals surface area (Å²) in [5, 5.41) is 4.80. The van der Waals surface area contributed by atoms with E-state index in [1.54, 1.807) is 11.3 Å². The first kappa shape index (κ1) is 18.2. The maximum atomic E-state index is 12.7. The van der Waals surface area contributed by atoms with E-state index >= 15 is 0 Å². The molecule has 1 heterocycles. The quantitative estimate of drug-likeness (QED) is 0.670. The van der Waals surface area contributed by atoms with Gasteiger partial charge in [0.15, 0.2) is 0 Å². The van der Waals surface area contributed by atoms with Gasteiger partial charge in [-0.2, -0.15) is 0 Å². The third-order valence-electron chi connectivity index (χ3n) is 4.00. The molecule has 0 fully saturated rings. The SMILES string of the molecule is CCC(CCC(=O)N(Cc1ccccc1)Cc1cccs1)NC=O. The molecule has 4 nitrogen and oxygen atoms in total. The van der Waals surface area contributed by atoms with Gasteiger partial charge in [0.25, 0.3) is 0 Å². The minimum absolute atomic E-state index is 0.0618. The third-order valence-corrected chi connectivity index (χ3v) is 4.86. The monoisotopic (exact) mass is 344 g/mol. The molecule has 128 valence electrons. The van der Waals surface area contributed by atoms with Crippen LogP contribution in [0.3, 0.4) is 0 Å². The highest BCUT2D eigenvalue weighted by Crippen LogP contribution is 2.16. The molecular formula is C19H24N2O2S. The first-order chi connectivity index (χ1) is 11.7. The maximum Gasteiger partial charge on any atom is 0.223 e. The number of carbonyl (C=O) groups excluding carboxylic acids is 2. The number of hydrogen-bond donors (Lipinski definition) is 1. The van der Waals surface area contributed by atoms with Gasteiger partial charge < -0.3 is 10.2 Å². The molecule has 0 radical (unpaired) electrons. The molecule has 24 heavy (non-hydrogen) atoms. The topological polar surface area (TPSA) is 49.4 Å². The average molecular weight is 344 g/mol. The first-order valence-corrected chi connectivity index (χ1v) is 9.14. The predicted octanol–water partition coefficient (Wildman–Crippen LogP) is 3.58. The minimum atomic E-state index is 0.0618. The Morgan fingerprint density at radius 3 is 2.62 bits per heavy atom. The molecule has 2 amide bonds. The van der Waals surface area contributed by atoms with Crippen LogP contribution in [0.1, 0.15) is 36.6 Å². The van der Waals surface area contributed by atoms with Crippen molar-refractivity contribution in [2.24, 2.45) is 0 Å². The molecule has 0 aliphatic heterocycles. The summed E-state index contributed by atoms with van der Waals surface area (Å²) in [6.07, 6.45) is 2.66. The molecule has 2 aromatic rings. The van der Waals surface area contributed by atoms with E-state index in [0.29, 0.717) is 32.3 Å². The second-order valence-electron chi connectivity index (χ2n) is 5.74. The van der Waals surface area contributed by atoms with E-state index in [0.717, 1.165) is 12.0 Å². The van der Waals surface area contributed by atoms with Crippen LogP contribution in [-0.2, 0) is 22.7 Å². The minimum Gasteiger partial charge on any atom is -0.356 e. The molecule has 1 aromatic heterocycles. The molecule has 0 aliphatic carbocycles. The van der Waals surface area contributed by atoms with E-state index in [-0.39, 0.29) is 11.9 Å². The summed E-state index contributed by atoms with van der Waals surface area (Å²) in [5.41, 5.74) is 1.13. The fourth-order valence-electron chi connectivity index (χ4n) is 2.58. The normalized spacial score (nSPS) is 11.7. The molecule has 5 heteroatoms. The smallest absolute Gasteiger partial charge is 0.223 e. The van der Waals surface area contributed by atoms with Gasteiger partial charge >= 0.3 is 0 Å². The van der Waals surface area contributed by atoms with Gasteiger partial charge in [0.05, 0.1) is 6.54 Å². The summed E-state index contributed by atoms with van der Waals surface area (Å²) in [7, 11) is 0. The zero-order valence-electron chi connectivity index (χ0n) is 14.0. The Morgan fingerprint density at radius 2 is 2.00 bits per heavy atom. The van der Waals surface area contributed by atoms with Crippen molar-refractivity contribution < 1.29 is 9.59 Å². The lowest BCUT2D eigenvalue weighted by Crippen LogP contribution is -2.33. The Kier molecular flexibility index (Phi) is 7.49. The lowest BCUT2D eigenvalue weighted by Gasteiger charge is -2.23. The molecule has 1 aromatic carbocycles. The summed E-state index contributed by atoms with van der Waals surface area (Å²) in [4.78, 5) is 26.4. The number of benzene rings is 1. The predicted molar refractivity (Wildman–Crippen MR) is 97.5 cm³/mol. The Hall–Kier alpha value is -2.14. The summed E-state index contributed by atoms with van der Waals surface area (Å²) in [5.74, 6) is 0.124. The number of carbonyl (C=O) groups is 2. The van der Waals surface area contributed by atoms with E-state index < -0.39 is 0 Å². The van der Waals surface area contributed by atoms with E-state index in [1.165, 1.54) is 4.88 Å². The van der Waals surface area contributed by atoms with Gasteiger partial charge in [-0.3, -0.25) is 9.59 Å². The van der Waals surface area contributed by atoms with Crippen LogP contribution in [0.4, 0.5) is 0 Å². The Labute approximate surface area is 147 Å². The van der Waals surface area contributed by atoms with Crippen LogP contribution in [0, 0.1) is 0 Å². The van der Waals surface area contributed by atoms with Gasteiger partial charge in [-0.1, -0.05) is 43.3 Å². The fraction of sp³-hybridized carbons (Fsp3) is 0.368. The first-order valence-electron chi connectivity index (χ1n) is 8.26. The van der Waals surface area contributed by atoms with E-state index in [4.69, 9.17) is 0 Å². The summed E-state index contributed by atoms with van der Waals surface area (Å²) in [6, 6.07) is 14.2. The lowest BCUT2D eigenvalue weighted by atomic mass is 10.1. The zero-order chi connectivity index (χ0) is 17.2. The van der Waals surface area contributed by atoms with E-state index in [9.17, 15) is 9.59 Å². The van der Waals surface area contributed by atoms with Crippen LogP contribution < -0.4 is 5.32 Å². The molecule has 2 rings (SSSR count). The highest BCUT2D eigenvalue weighted by atomic mass is 32.1. The summed E-state index contributed by atoms with van der Waals surface area (Å²) >= 11 is 1.66. The number of thiophene rings is 1. The molecule has 0 bridgehead atoms. The Balaban J connectivity index is 2.00. The lowest BCUT2D eigenvalue weighted by molar-refractivity contribution is -0.132. The van der Waals surface area contributed by atoms with Crippen LogP contribution in [-0.4, -0.2) is 23.3 Å². The van der Waals surface area contributed by atoms with Crippen LogP contribution in [0.25, 0.3) is 0 Å². The molecule has 1 atom stereocenters. The maximum absolute atomic E-state index is 12.7. The fourth-order valence-corrected chi connectivity index (χ4v) is 3.30. The van der Waals surface area contributed by atoms with Crippen molar-refractivity contribution in [1.29, 1.82) is 0 Å². The molecular weight excluding hydrogens is 320 g/mol. The van der Waals surface area contributed by atoms with Crippen LogP contribution in [0.5, 0.6) is 0 Å². The van der Waals surface area contributed by atoms with Crippen LogP contribution in [0.2, 0.25) is 0 Å². The van der Waals surface area contributed by atoms with Crippen molar-refractivity contribution in [1.82, 2.24) is 10.2 Å². The van der Waals surface area contributed by atoms with Crippen LogP contribution in [0.15, 0.2) is 47.8 Å². The van der Waals surface area contributed by atoms with Crippen molar-refractivity contribution in [2.45, 2.75) is 45.3 Å². The number of rotatable bonds is 10. The van der Waals surface area contributed by atoms with Gasteiger partial charge in [-0.25, -0.2) is 0 Å². The zero-order valence-corrected chi connectivity index (χ0v) is 14.8. The molecule has 1 unspecified atom stereocenters. The standard InChI is InChI=1S/C19H24N2O2S/c1-2-17(20-15-22)10-11-19(23)21(14-18-9-6-12-24-18)13-16-7-4-3-5-8-16/h3-9,12,15,17H,2,10-11,13-14H2,1H3,(H,20,22). The Morgan fingerprint density at radius 1 is 1.21 bits per heavy atom. The molecule has 0 aliphatic rings. The van der Waals surface area contributed by atoms with Crippen molar-refractivity contribution >= 4 is 23.7 Å². The summed E-state index contributed by atoms with van der Waals surface area (Å²) in [6.45, 7) is 3.25. The largest absolute Gasteiger partial charge is 0.356 e. The van der Waals surface area contributed by atoms with Crippen molar-refractivity contribution in [2.75, 3.05) is 0 Å². The molecule has 0 spiro atoms. The van der Waals surface area contributed by atoms with Crippen molar-refractivity contribution in [3.63, 3.8) is 0 Å².